The maximum Gasteiger partial charge on any atom is 0.263 e. The van der Waals surface area contributed by atoms with Crippen molar-refractivity contribution in [2.45, 2.75) is 38.5 Å². The Hall–Kier alpha value is -2.14. The van der Waals surface area contributed by atoms with Crippen molar-refractivity contribution < 1.29 is 9.59 Å². The van der Waals surface area contributed by atoms with Crippen LogP contribution in [0.5, 0.6) is 0 Å². The van der Waals surface area contributed by atoms with Crippen LogP contribution < -0.4 is 5.73 Å². The fourth-order valence-corrected chi connectivity index (χ4v) is 5.34. The van der Waals surface area contributed by atoms with Gasteiger partial charge < -0.3 is 10.6 Å². The minimum absolute atomic E-state index is 0.192. The molecule has 2 aromatic rings. The summed E-state index contributed by atoms with van der Waals surface area (Å²) in [7, 11) is 0. The number of hydrogen-bond donors (Lipinski definition) is 1. The molecule has 0 bridgehead atoms. The van der Waals surface area contributed by atoms with Crippen molar-refractivity contribution in [1.29, 1.82) is 0 Å². The van der Waals surface area contributed by atoms with Crippen molar-refractivity contribution in [2.75, 3.05) is 13.1 Å². The van der Waals surface area contributed by atoms with Crippen molar-refractivity contribution in [3.8, 4) is 0 Å². The van der Waals surface area contributed by atoms with Crippen LogP contribution in [0.25, 0.3) is 0 Å². The third kappa shape index (κ3) is 3.54. The fraction of sp³-hybridized carbons (Fsp3) is 0.429. The zero-order chi connectivity index (χ0) is 18.1. The highest BCUT2D eigenvalue weighted by Crippen LogP contribution is 2.31. The molecule has 1 fully saturated rings. The van der Waals surface area contributed by atoms with E-state index < -0.39 is 5.91 Å². The Labute approximate surface area is 158 Å². The van der Waals surface area contributed by atoms with Gasteiger partial charge in [0.2, 0.25) is 5.91 Å². The van der Waals surface area contributed by atoms with Gasteiger partial charge in [-0.3, -0.25) is 9.59 Å². The number of aryl methyl sites for hydroxylation is 2. The van der Waals surface area contributed by atoms with E-state index >= 15 is 0 Å². The van der Waals surface area contributed by atoms with E-state index in [2.05, 4.69) is 6.07 Å². The lowest BCUT2D eigenvalue weighted by Crippen LogP contribution is -2.28. The van der Waals surface area contributed by atoms with Gasteiger partial charge in [-0.1, -0.05) is 12.1 Å². The van der Waals surface area contributed by atoms with Gasteiger partial charge in [0.05, 0.1) is 4.88 Å². The highest BCUT2D eigenvalue weighted by Gasteiger charge is 2.29. The monoisotopic (exact) mass is 368 g/mol. The molecule has 26 heavy (non-hydrogen) atoms. The van der Waals surface area contributed by atoms with Crippen molar-refractivity contribution in [1.82, 2.24) is 4.90 Å². The van der Waals surface area contributed by atoms with E-state index in [0.29, 0.717) is 11.5 Å². The minimum atomic E-state index is -0.392. The predicted octanol–water partition coefficient (Wildman–Crippen LogP) is 3.43. The second-order valence-corrected chi connectivity index (χ2v) is 8.58. The Kier molecular flexibility index (Phi) is 4.81. The van der Waals surface area contributed by atoms with E-state index in [9.17, 15) is 9.59 Å². The van der Waals surface area contributed by atoms with Gasteiger partial charge in [-0.05, 0) is 73.8 Å². The number of thiophene rings is 1. The lowest BCUT2D eigenvalue weighted by molar-refractivity contribution is 0.0791. The molecule has 2 amide bonds. The van der Waals surface area contributed by atoms with E-state index in [1.54, 1.807) is 17.4 Å². The Morgan fingerprint density at radius 2 is 2.04 bits per heavy atom. The number of primary amides is 1. The molecule has 2 aliphatic rings. The highest BCUT2D eigenvalue weighted by molar-refractivity contribution is 7.14. The quantitative estimate of drug-likeness (QED) is 0.899. The molecule has 2 N–H and O–H groups in total. The summed E-state index contributed by atoms with van der Waals surface area (Å²) in [6.07, 6.45) is 6.64. The van der Waals surface area contributed by atoms with Gasteiger partial charge in [-0.25, -0.2) is 0 Å². The van der Waals surface area contributed by atoms with Crippen LogP contribution in [0.2, 0.25) is 0 Å². The maximum absolute atomic E-state index is 12.9. The molecule has 2 heterocycles. The Morgan fingerprint density at radius 1 is 1.19 bits per heavy atom. The van der Waals surface area contributed by atoms with E-state index in [1.807, 2.05) is 23.1 Å². The van der Waals surface area contributed by atoms with Gasteiger partial charge >= 0.3 is 0 Å². The summed E-state index contributed by atoms with van der Waals surface area (Å²) in [5.41, 5.74) is 8.43. The Bertz CT molecular complexity index is 819. The first-order valence-electron chi connectivity index (χ1n) is 9.40. The lowest BCUT2D eigenvalue weighted by atomic mass is 9.97. The number of carbonyl (C=O) groups excluding carboxylic acids is 2. The highest BCUT2D eigenvalue weighted by atomic mass is 32.1. The molecule has 0 radical (unpaired) electrons. The number of nitrogens with zero attached hydrogens (tertiary/aromatic N) is 1. The summed E-state index contributed by atoms with van der Waals surface area (Å²) in [5.74, 6) is 0.242. The van der Waals surface area contributed by atoms with Gasteiger partial charge in [-0.2, -0.15) is 0 Å². The summed E-state index contributed by atoms with van der Waals surface area (Å²) < 4.78 is 0. The van der Waals surface area contributed by atoms with Crippen LogP contribution in [-0.4, -0.2) is 29.8 Å². The van der Waals surface area contributed by atoms with E-state index in [0.717, 1.165) is 49.2 Å². The predicted molar refractivity (Wildman–Crippen MR) is 104 cm³/mol. The van der Waals surface area contributed by atoms with Crippen LogP contribution in [0, 0.1) is 5.92 Å². The molecule has 0 unspecified atom stereocenters. The molecule has 4 nitrogen and oxygen atoms in total. The molecular weight excluding hydrogens is 344 g/mol. The molecule has 0 spiro atoms. The second kappa shape index (κ2) is 7.23. The van der Waals surface area contributed by atoms with Crippen molar-refractivity contribution in [3.05, 3.63) is 56.8 Å². The van der Waals surface area contributed by atoms with Gasteiger partial charge in [-0.15, -0.1) is 11.3 Å². The third-order valence-electron chi connectivity index (χ3n) is 5.52. The summed E-state index contributed by atoms with van der Waals surface area (Å²) in [6, 6.07) is 9.66. The molecule has 1 aromatic carbocycles. The summed E-state index contributed by atoms with van der Waals surface area (Å²) in [5, 5.41) is 0. The van der Waals surface area contributed by atoms with E-state index in [4.69, 9.17) is 5.73 Å². The summed E-state index contributed by atoms with van der Waals surface area (Å²) in [6.45, 7) is 1.61. The van der Waals surface area contributed by atoms with Crippen molar-refractivity contribution in [3.63, 3.8) is 0 Å². The van der Waals surface area contributed by atoms with Crippen molar-refractivity contribution in [2.24, 2.45) is 11.7 Å². The van der Waals surface area contributed by atoms with Gasteiger partial charge in [0.1, 0.15) is 0 Å². The molecule has 5 heteroatoms. The van der Waals surface area contributed by atoms with Gasteiger partial charge in [0, 0.05) is 23.5 Å². The second-order valence-electron chi connectivity index (χ2n) is 7.44. The number of likely N-dealkylation sites (tertiary alicyclic amines) is 1. The van der Waals surface area contributed by atoms with Crippen LogP contribution in [0.4, 0.5) is 0 Å². The van der Waals surface area contributed by atoms with Crippen LogP contribution in [-0.2, 0) is 19.3 Å². The number of benzene rings is 1. The molecule has 1 aromatic heterocycles. The molecule has 136 valence electrons. The summed E-state index contributed by atoms with van der Waals surface area (Å²) in [4.78, 5) is 28.5. The molecule has 1 aliphatic carbocycles. The van der Waals surface area contributed by atoms with Crippen LogP contribution >= 0.6 is 11.3 Å². The van der Waals surface area contributed by atoms with E-state index in [-0.39, 0.29) is 5.91 Å². The van der Waals surface area contributed by atoms with E-state index in [1.165, 1.54) is 23.3 Å². The molecule has 4 rings (SSSR count). The largest absolute Gasteiger partial charge is 0.366 e. The zero-order valence-electron chi connectivity index (χ0n) is 14.9. The topological polar surface area (TPSA) is 63.4 Å². The maximum atomic E-state index is 12.9. The van der Waals surface area contributed by atoms with Crippen LogP contribution in [0.15, 0.2) is 30.3 Å². The molecule has 1 atom stereocenters. The van der Waals surface area contributed by atoms with Crippen LogP contribution in [0.3, 0.4) is 0 Å². The average molecular weight is 369 g/mol. The number of rotatable bonds is 4. The fourth-order valence-electron chi connectivity index (χ4n) is 4.12. The molecular formula is C21H24N2O2S. The number of nitrogens with two attached hydrogens (primary N) is 1. The first-order chi connectivity index (χ1) is 12.6. The number of hydrogen-bond acceptors (Lipinski definition) is 3. The molecule has 1 aliphatic heterocycles. The number of amides is 2. The average Bonchev–Trinajstić information content (AvgIpc) is 3.28. The van der Waals surface area contributed by atoms with Crippen LogP contribution in [0.1, 0.15) is 55.3 Å². The van der Waals surface area contributed by atoms with Crippen molar-refractivity contribution >= 4 is 23.2 Å². The Morgan fingerprint density at radius 3 is 2.85 bits per heavy atom. The molecule has 1 saturated heterocycles. The first-order valence-corrected chi connectivity index (χ1v) is 10.2. The smallest absolute Gasteiger partial charge is 0.263 e. The summed E-state index contributed by atoms with van der Waals surface area (Å²) >= 11 is 1.70. The molecule has 0 saturated carbocycles. The SMILES string of the molecule is NC(=O)c1cccc(C[C@H]2CCN(C(=O)c3cc4c(s3)CCCC4)C2)c1. The number of fused-ring (bicyclic) bond motifs is 1. The Balaban J connectivity index is 1.40. The lowest BCUT2D eigenvalue weighted by Gasteiger charge is -2.16. The zero-order valence-corrected chi connectivity index (χ0v) is 15.7. The first kappa shape index (κ1) is 17.3. The number of carbonyl (C=O) groups is 2. The van der Waals surface area contributed by atoms with Gasteiger partial charge in [0.25, 0.3) is 5.91 Å². The standard InChI is InChI=1S/C21H24N2O2S/c22-20(24)17-6-3-4-14(11-17)10-15-8-9-23(13-15)21(25)19-12-16-5-1-2-7-18(16)26-19/h3-4,6,11-12,15H,1-2,5,7-10,13H2,(H2,22,24)/t15-/m1/s1. The normalized spacial score (nSPS) is 19.4. The minimum Gasteiger partial charge on any atom is -0.366 e. The van der Waals surface area contributed by atoms with Gasteiger partial charge in [0.15, 0.2) is 0 Å². The third-order valence-corrected chi connectivity index (χ3v) is 6.74.